The Bertz CT molecular complexity index is 545. The molecule has 0 saturated heterocycles. The van der Waals surface area contributed by atoms with Gasteiger partial charge in [-0.25, -0.2) is 0 Å². The van der Waals surface area contributed by atoms with Gasteiger partial charge in [0.2, 0.25) is 0 Å². The van der Waals surface area contributed by atoms with E-state index >= 15 is 0 Å². The molecule has 4 heteroatoms. The van der Waals surface area contributed by atoms with Crippen LogP contribution >= 0.6 is 11.6 Å². The third kappa shape index (κ3) is 3.79. The molecule has 0 radical (unpaired) electrons. The predicted octanol–water partition coefficient (Wildman–Crippen LogP) is 3.47. The maximum atomic E-state index is 6.07. The van der Waals surface area contributed by atoms with Crippen LogP contribution in [-0.2, 0) is 0 Å². The molecule has 2 atom stereocenters. The molecular formula is C17H22ClN3. The van der Waals surface area contributed by atoms with Gasteiger partial charge in [-0.15, -0.1) is 0 Å². The van der Waals surface area contributed by atoms with E-state index in [0.29, 0.717) is 18.0 Å². The molecule has 0 aromatic heterocycles. The molecule has 0 heterocycles. The van der Waals surface area contributed by atoms with Crippen molar-refractivity contribution in [1.29, 1.82) is 0 Å². The van der Waals surface area contributed by atoms with E-state index in [4.69, 9.17) is 11.6 Å². The fourth-order valence-corrected chi connectivity index (χ4v) is 3.05. The van der Waals surface area contributed by atoms with Crippen molar-refractivity contribution < 1.29 is 0 Å². The van der Waals surface area contributed by atoms with Gasteiger partial charge in [0.1, 0.15) is 0 Å². The molecule has 2 aliphatic rings. The predicted molar refractivity (Wildman–Crippen MR) is 89.0 cm³/mol. The summed E-state index contributed by atoms with van der Waals surface area (Å²) in [5.74, 6) is 1.50. The average molecular weight is 304 g/mol. The highest BCUT2D eigenvalue weighted by Gasteiger charge is 2.39. The van der Waals surface area contributed by atoms with Crippen molar-refractivity contribution in [2.24, 2.45) is 4.99 Å². The maximum Gasteiger partial charge on any atom is 0.191 e. The third-order valence-electron chi connectivity index (χ3n) is 4.05. The van der Waals surface area contributed by atoms with Crippen LogP contribution in [0.2, 0.25) is 5.02 Å². The van der Waals surface area contributed by atoms with Crippen molar-refractivity contribution in [3.05, 3.63) is 47.0 Å². The van der Waals surface area contributed by atoms with Crippen LogP contribution in [0.1, 0.15) is 37.7 Å². The summed E-state index contributed by atoms with van der Waals surface area (Å²) in [6.45, 7) is 2.86. The minimum absolute atomic E-state index is 0.468. The molecule has 0 spiro atoms. The first-order valence-electron chi connectivity index (χ1n) is 7.74. The lowest BCUT2D eigenvalue weighted by Crippen LogP contribution is -2.43. The van der Waals surface area contributed by atoms with E-state index < -0.39 is 0 Å². The largest absolute Gasteiger partial charge is 0.353 e. The Labute approximate surface area is 131 Å². The van der Waals surface area contributed by atoms with E-state index in [9.17, 15) is 0 Å². The minimum Gasteiger partial charge on any atom is -0.353 e. The van der Waals surface area contributed by atoms with Crippen molar-refractivity contribution in [1.82, 2.24) is 10.6 Å². The van der Waals surface area contributed by atoms with Crippen molar-refractivity contribution in [3.63, 3.8) is 0 Å². The number of nitrogens with zero attached hydrogens (tertiary/aromatic N) is 1. The Hall–Kier alpha value is -1.48. The first-order chi connectivity index (χ1) is 10.3. The molecule has 0 amide bonds. The van der Waals surface area contributed by atoms with Crippen molar-refractivity contribution in [2.75, 3.05) is 6.54 Å². The van der Waals surface area contributed by atoms with Gasteiger partial charge in [-0.2, -0.15) is 0 Å². The van der Waals surface area contributed by atoms with Crippen molar-refractivity contribution >= 4 is 17.6 Å². The monoisotopic (exact) mass is 303 g/mol. The van der Waals surface area contributed by atoms with Gasteiger partial charge in [-0.3, -0.25) is 4.99 Å². The second-order valence-corrected chi connectivity index (χ2v) is 6.19. The number of nitrogens with one attached hydrogen (secondary N) is 2. The highest BCUT2D eigenvalue weighted by atomic mass is 35.5. The van der Waals surface area contributed by atoms with E-state index in [1.165, 1.54) is 5.56 Å². The first kappa shape index (κ1) is 14.5. The molecule has 3 nitrogen and oxygen atoms in total. The zero-order chi connectivity index (χ0) is 14.7. The highest BCUT2D eigenvalue weighted by Crippen LogP contribution is 2.41. The Morgan fingerprint density at radius 2 is 2.10 bits per heavy atom. The number of benzene rings is 1. The summed E-state index contributed by atoms with van der Waals surface area (Å²) in [4.78, 5) is 4.55. The molecule has 112 valence electrons. The van der Waals surface area contributed by atoms with Gasteiger partial charge in [0.15, 0.2) is 5.96 Å². The van der Waals surface area contributed by atoms with Gasteiger partial charge in [0.05, 0.1) is 0 Å². The summed E-state index contributed by atoms with van der Waals surface area (Å²) in [6.07, 6.45) is 7.79. The summed E-state index contributed by atoms with van der Waals surface area (Å²) in [5, 5.41) is 7.89. The second kappa shape index (κ2) is 6.52. The zero-order valence-electron chi connectivity index (χ0n) is 12.3. The van der Waals surface area contributed by atoms with Crippen LogP contribution in [0.25, 0.3) is 0 Å². The molecule has 21 heavy (non-hydrogen) atoms. The van der Waals surface area contributed by atoms with E-state index in [2.05, 4.69) is 46.8 Å². The van der Waals surface area contributed by atoms with Gasteiger partial charge in [-0.1, -0.05) is 35.9 Å². The third-order valence-corrected chi connectivity index (χ3v) is 4.29. The van der Waals surface area contributed by atoms with Gasteiger partial charge in [-0.05, 0) is 43.9 Å². The van der Waals surface area contributed by atoms with E-state index in [1.807, 2.05) is 12.1 Å². The van der Waals surface area contributed by atoms with Gasteiger partial charge in [0, 0.05) is 29.6 Å². The lowest BCUT2D eigenvalue weighted by atomic mass is 10.1. The summed E-state index contributed by atoms with van der Waals surface area (Å²) in [6, 6.07) is 9.13. The number of hydrogen-bond donors (Lipinski definition) is 2. The smallest absolute Gasteiger partial charge is 0.191 e. The van der Waals surface area contributed by atoms with E-state index in [0.717, 1.165) is 36.8 Å². The summed E-state index contributed by atoms with van der Waals surface area (Å²) >= 11 is 6.07. The second-order valence-electron chi connectivity index (χ2n) is 5.76. The molecule has 3 rings (SSSR count). The number of aliphatic imine (C=N–C) groups is 1. The van der Waals surface area contributed by atoms with Crippen LogP contribution in [0.3, 0.4) is 0 Å². The zero-order valence-corrected chi connectivity index (χ0v) is 13.1. The van der Waals surface area contributed by atoms with Crippen LogP contribution in [0.5, 0.6) is 0 Å². The van der Waals surface area contributed by atoms with E-state index in [1.54, 1.807) is 0 Å². The number of hydrogen-bond acceptors (Lipinski definition) is 1. The molecule has 2 unspecified atom stereocenters. The molecule has 0 bridgehead atoms. The van der Waals surface area contributed by atoms with Gasteiger partial charge >= 0.3 is 0 Å². The lowest BCUT2D eigenvalue weighted by Gasteiger charge is -2.17. The molecule has 1 aromatic carbocycles. The SMILES string of the molecule is CCN=C(NC1CC=CC1)NC1CC1c1cccc(Cl)c1. The molecule has 2 N–H and O–H groups in total. The first-order valence-corrected chi connectivity index (χ1v) is 8.12. The standard InChI is InChI=1S/C17H22ClN3/c1-2-19-17(20-14-8-3-4-9-14)21-16-11-15(16)12-6-5-7-13(18)10-12/h3-7,10,14-16H,2,8-9,11H2,1H3,(H2,19,20,21). The van der Waals surface area contributed by atoms with Gasteiger partial charge in [0.25, 0.3) is 0 Å². The quantitative estimate of drug-likeness (QED) is 0.508. The van der Waals surface area contributed by atoms with Crippen LogP contribution in [-0.4, -0.2) is 24.6 Å². The molecule has 1 aromatic rings. The Morgan fingerprint density at radius 3 is 2.81 bits per heavy atom. The molecule has 1 saturated carbocycles. The summed E-state index contributed by atoms with van der Waals surface area (Å²) in [5.41, 5.74) is 1.32. The normalized spacial score (nSPS) is 25.1. The Kier molecular flexibility index (Phi) is 4.49. The van der Waals surface area contributed by atoms with Gasteiger partial charge < -0.3 is 10.6 Å². The fraction of sp³-hybridized carbons (Fsp3) is 0.471. The van der Waals surface area contributed by atoms with Crippen molar-refractivity contribution in [2.45, 2.75) is 44.2 Å². The molecule has 2 aliphatic carbocycles. The summed E-state index contributed by atoms with van der Waals surface area (Å²) < 4.78 is 0. The highest BCUT2D eigenvalue weighted by molar-refractivity contribution is 6.30. The number of rotatable bonds is 4. The molecule has 0 aliphatic heterocycles. The van der Waals surface area contributed by atoms with Crippen molar-refractivity contribution in [3.8, 4) is 0 Å². The van der Waals surface area contributed by atoms with Crippen LogP contribution < -0.4 is 10.6 Å². The fourth-order valence-electron chi connectivity index (χ4n) is 2.86. The summed E-state index contributed by atoms with van der Waals surface area (Å²) in [7, 11) is 0. The average Bonchev–Trinajstić information content (AvgIpc) is 3.03. The van der Waals surface area contributed by atoms with Crippen LogP contribution in [0.15, 0.2) is 41.4 Å². The molecular weight excluding hydrogens is 282 g/mol. The maximum absolute atomic E-state index is 6.07. The van der Waals surface area contributed by atoms with Crippen LogP contribution in [0, 0.1) is 0 Å². The van der Waals surface area contributed by atoms with E-state index in [-0.39, 0.29) is 0 Å². The molecule has 1 fully saturated rings. The minimum atomic E-state index is 0.468. The number of guanidine groups is 1. The Morgan fingerprint density at radius 1 is 1.29 bits per heavy atom. The van der Waals surface area contributed by atoms with Crippen LogP contribution in [0.4, 0.5) is 0 Å². The number of halogens is 1. The Balaban J connectivity index is 1.56. The lowest BCUT2D eigenvalue weighted by molar-refractivity contribution is 0.629. The topological polar surface area (TPSA) is 36.4 Å².